The average molecular weight is 325 g/mol. The minimum absolute atomic E-state index is 0.219. The molecule has 1 aromatic carbocycles. The van der Waals surface area contributed by atoms with Crippen LogP contribution in [0.5, 0.6) is 0 Å². The number of halogens is 1. The third kappa shape index (κ3) is 5.31. The molecule has 120 valence electrons. The Hall–Kier alpha value is -1.60. The molecule has 2 rings (SSSR count). The molecule has 0 saturated carbocycles. The first kappa shape index (κ1) is 16.8. The highest BCUT2D eigenvalue weighted by atomic mass is 32.2. The largest absolute Gasteiger partial charge is 0.347 e. The number of amides is 2. The van der Waals surface area contributed by atoms with E-state index in [0.29, 0.717) is 36.1 Å². The molecule has 1 aliphatic heterocycles. The van der Waals surface area contributed by atoms with E-state index in [1.54, 1.807) is 18.2 Å². The van der Waals surface area contributed by atoms with Gasteiger partial charge in [-0.25, -0.2) is 4.39 Å². The van der Waals surface area contributed by atoms with E-state index in [9.17, 15) is 14.0 Å². The van der Waals surface area contributed by atoms with Crippen LogP contribution < -0.4 is 16.0 Å². The Labute approximate surface area is 133 Å². The second-order valence-corrected chi connectivity index (χ2v) is 6.24. The number of carbonyl (C=O) groups excluding carboxylic acids is 2. The van der Waals surface area contributed by atoms with Gasteiger partial charge in [-0.3, -0.25) is 9.59 Å². The summed E-state index contributed by atoms with van der Waals surface area (Å²) in [7, 11) is 0. The second kappa shape index (κ2) is 8.75. The molecule has 7 heteroatoms. The van der Waals surface area contributed by atoms with Gasteiger partial charge < -0.3 is 16.0 Å². The van der Waals surface area contributed by atoms with Crippen molar-refractivity contribution in [3.63, 3.8) is 0 Å². The van der Waals surface area contributed by atoms with Crippen molar-refractivity contribution in [3.05, 3.63) is 35.6 Å². The standard InChI is InChI=1S/C15H20FN3O2S/c16-13-4-2-1-3-12(13)10-22-6-5-18-14(20)15(21)19-9-11-7-17-8-11/h1-4,11,17H,5-10H2,(H,18,20)(H,19,21). The van der Waals surface area contributed by atoms with E-state index in [1.165, 1.54) is 17.8 Å². The van der Waals surface area contributed by atoms with Crippen molar-refractivity contribution >= 4 is 23.6 Å². The Balaban J connectivity index is 1.54. The summed E-state index contributed by atoms with van der Waals surface area (Å²) in [5, 5.41) is 8.27. The van der Waals surface area contributed by atoms with Crippen molar-refractivity contribution in [2.24, 2.45) is 5.92 Å². The van der Waals surface area contributed by atoms with Crippen LogP contribution in [0.4, 0.5) is 4.39 Å². The maximum atomic E-state index is 13.4. The predicted octanol–water partition coefficient (Wildman–Crippen LogP) is 0.511. The number of hydrogen-bond acceptors (Lipinski definition) is 4. The molecule has 0 aliphatic carbocycles. The minimum atomic E-state index is -0.612. The van der Waals surface area contributed by atoms with Gasteiger partial charge in [0.1, 0.15) is 5.82 Å². The van der Waals surface area contributed by atoms with Gasteiger partial charge in [-0.15, -0.1) is 0 Å². The van der Waals surface area contributed by atoms with Gasteiger partial charge >= 0.3 is 11.8 Å². The van der Waals surface area contributed by atoms with Crippen LogP contribution in [-0.4, -0.2) is 43.7 Å². The van der Waals surface area contributed by atoms with E-state index in [4.69, 9.17) is 0 Å². The Morgan fingerprint density at radius 3 is 2.64 bits per heavy atom. The summed E-state index contributed by atoms with van der Waals surface area (Å²) in [6.07, 6.45) is 0. The van der Waals surface area contributed by atoms with E-state index in [2.05, 4.69) is 16.0 Å². The first-order valence-corrected chi connectivity index (χ1v) is 8.40. The maximum absolute atomic E-state index is 13.4. The fourth-order valence-electron chi connectivity index (χ4n) is 1.92. The average Bonchev–Trinajstić information content (AvgIpc) is 2.46. The van der Waals surface area contributed by atoms with Crippen molar-refractivity contribution in [1.82, 2.24) is 16.0 Å². The highest BCUT2D eigenvalue weighted by Gasteiger charge is 2.19. The molecule has 22 heavy (non-hydrogen) atoms. The van der Waals surface area contributed by atoms with Gasteiger partial charge in [0.2, 0.25) is 0 Å². The summed E-state index contributed by atoms with van der Waals surface area (Å²) in [6.45, 7) is 2.68. The van der Waals surface area contributed by atoms with E-state index >= 15 is 0 Å². The van der Waals surface area contributed by atoms with Crippen LogP contribution in [0.25, 0.3) is 0 Å². The van der Waals surface area contributed by atoms with Gasteiger partial charge in [0.25, 0.3) is 0 Å². The van der Waals surface area contributed by atoms with Crippen molar-refractivity contribution in [2.75, 3.05) is 31.9 Å². The third-order valence-electron chi connectivity index (χ3n) is 3.37. The number of carbonyl (C=O) groups is 2. The zero-order chi connectivity index (χ0) is 15.8. The van der Waals surface area contributed by atoms with E-state index < -0.39 is 11.8 Å². The Morgan fingerprint density at radius 2 is 1.95 bits per heavy atom. The topological polar surface area (TPSA) is 70.2 Å². The fraction of sp³-hybridized carbons (Fsp3) is 0.467. The lowest BCUT2D eigenvalue weighted by atomic mass is 10.0. The van der Waals surface area contributed by atoms with E-state index in [1.807, 2.05) is 0 Å². The van der Waals surface area contributed by atoms with Crippen molar-refractivity contribution in [3.8, 4) is 0 Å². The Morgan fingerprint density at radius 1 is 1.23 bits per heavy atom. The van der Waals surface area contributed by atoms with Gasteiger partial charge in [-0.05, 0) is 11.6 Å². The summed E-state index contributed by atoms with van der Waals surface area (Å²) < 4.78 is 13.4. The lowest BCUT2D eigenvalue weighted by Gasteiger charge is -2.26. The quantitative estimate of drug-likeness (QED) is 0.505. The van der Waals surface area contributed by atoms with Crippen molar-refractivity contribution in [1.29, 1.82) is 0 Å². The van der Waals surface area contributed by atoms with Crippen LogP contribution in [0.1, 0.15) is 5.56 Å². The van der Waals surface area contributed by atoms with Crippen LogP contribution in [0, 0.1) is 11.7 Å². The smallest absolute Gasteiger partial charge is 0.309 e. The van der Waals surface area contributed by atoms with E-state index in [0.717, 1.165) is 13.1 Å². The van der Waals surface area contributed by atoms with E-state index in [-0.39, 0.29) is 5.82 Å². The molecule has 1 aliphatic rings. The monoisotopic (exact) mass is 325 g/mol. The molecule has 3 N–H and O–H groups in total. The molecule has 0 unspecified atom stereocenters. The molecule has 0 atom stereocenters. The molecular weight excluding hydrogens is 305 g/mol. The Kier molecular flexibility index (Phi) is 6.67. The highest BCUT2D eigenvalue weighted by molar-refractivity contribution is 7.98. The first-order valence-electron chi connectivity index (χ1n) is 7.24. The summed E-state index contributed by atoms with van der Waals surface area (Å²) >= 11 is 1.51. The van der Waals surface area contributed by atoms with Gasteiger partial charge in [0, 0.05) is 43.6 Å². The van der Waals surface area contributed by atoms with Gasteiger partial charge in [0.05, 0.1) is 0 Å². The molecule has 1 aromatic rings. The zero-order valence-corrected chi connectivity index (χ0v) is 13.0. The lowest BCUT2D eigenvalue weighted by molar-refractivity contribution is -0.139. The number of benzene rings is 1. The molecule has 1 fully saturated rings. The molecule has 0 spiro atoms. The molecular formula is C15H20FN3O2S. The van der Waals surface area contributed by atoms with Gasteiger partial charge in [-0.1, -0.05) is 18.2 Å². The van der Waals surface area contributed by atoms with Crippen LogP contribution in [0.2, 0.25) is 0 Å². The Bertz CT molecular complexity index is 523. The van der Waals surface area contributed by atoms with Crippen LogP contribution in [0.3, 0.4) is 0 Å². The van der Waals surface area contributed by atoms with Crippen molar-refractivity contribution < 1.29 is 14.0 Å². The number of thioether (sulfide) groups is 1. The van der Waals surface area contributed by atoms with Crippen LogP contribution in [-0.2, 0) is 15.3 Å². The number of nitrogens with one attached hydrogen (secondary N) is 3. The molecule has 0 bridgehead atoms. The summed E-state index contributed by atoms with van der Waals surface area (Å²) in [5.41, 5.74) is 0.644. The number of hydrogen-bond donors (Lipinski definition) is 3. The molecule has 2 amide bonds. The lowest BCUT2D eigenvalue weighted by Crippen LogP contribution is -2.50. The van der Waals surface area contributed by atoms with Gasteiger partial charge in [-0.2, -0.15) is 11.8 Å². The first-order chi connectivity index (χ1) is 10.7. The van der Waals surface area contributed by atoms with Crippen LogP contribution in [0.15, 0.2) is 24.3 Å². The zero-order valence-electron chi connectivity index (χ0n) is 12.2. The molecule has 5 nitrogen and oxygen atoms in total. The predicted molar refractivity (Wildman–Crippen MR) is 84.9 cm³/mol. The summed E-state index contributed by atoms with van der Waals surface area (Å²) in [4.78, 5) is 23.1. The van der Waals surface area contributed by atoms with Crippen LogP contribution >= 0.6 is 11.8 Å². The van der Waals surface area contributed by atoms with Gasteiger partial charge in [0.15, 0.2) is 0 Å². The normalized spacial score (nSPS) is 14.2. The number of rotatable bonds is 7. The highest BCUT2D eigenvalue weighted by Crippen LogP contribution is 2.14. The summed E-state index contributed by atoms with van der Waals surface area (Å²) in [5.74, 6) is 0.172. The maximum Gasteiger partial charge on any atom is 0.309 e. The third-order valence-corrected chi connectivity index (χ3v) is 4.38. The molecule has 1 heterocycles. The fourth-order valence-corrected chi connectivity index (χ4v) is 2.77. The summed E-state index contributed by atoms with van der Waals surface area (Å²) in [6, 6.07) is 6.62. The minimum Gasteiger partial charge on any atom is -0.347 e. The molecule has 1 saturated heterocycles. The SMILES string of the molecule is O=C(NCCSCc1ccccc1F)C(=O)NCC1CNC1. The molecule has 0 aromatic heterocycles. The van der Waals surface area contributed by atoms with Crippen molar-refractivity contribution in [2.45, 2.75) is 5.75 Å². The molecule has 0 radical (unpaired) electrons. The second-order valence-electron chi connectivity index (χ2n) is 5.13.